The molecule has 176 valence electrons. The molecule has 9 heteroatoms. The Kier molecular flexibility index (Phi) is 6.83. The molecule has 3 aromatic rings. The number of rotatable bonds is 7. The van der Waals surface area contributed by atoms with E-state index in [4.69, 9.17) is 0 Å². The maximum atomic E-state index is 13.1. The van der Waals surface area contributed by atoms with E-state index < -0.39 is 10.0 Å². The molecule has 1 aliphatic heterocycles. The summed E-state index contributed by atoms with van der Waals surface area (Å²) in [6, 6.07) is 10.8. The van der Waals surface area contributed by atoms with Crippen LogP contribution >= 0.6 is 0 Å². The van der Waals surface area contributed by atoms with Gasteiger partial charge in [0.2, 0.25) is 10.0 Å². The lowest BCUT2D eigenvalue weighted by molar-refractivity contribution is 0.0950. The number of carbonyl (C=O) groups is 1. The number of hydrogen-bond acceptors (Lipinski definition) is 5. The minimum absolute atomic E-state index is 0.0109. The zero-order chi connectivity index (χ0) is 23.6. The molecule has 8 nitrogen and oxygen atoms in total. The van der Waals surface area contributed by atoms with Gasteiger partial charge in [0.05, 0.1) is 10.5 Å². The largest absolute Gasteiger partial charge is 0.348 e. The highest BCUT2D eigenvalue weighted by Gasteiger charge is 2.31. The number of hydrogen-bond donors (Lipinski definition) is 1. The van der Waals surface area contributed by atoms with E-state index in [-0.39, 0.29) is 16.8 Å². The number of nitrogens with one attached hydrogen (secondary N) is 1. The van der Waals surface area contributed by atoms with Gasteiger partial charge in [0, 0.05) is 44.3 Å². The van der Waals surface area contributed by atoms with Gasteiger partial charge in [0.15, 0.2) is 0 Å². The van der Waals surface area contributed by atoms with Crippen LogP contribution in [0.1, 0.15) is 42.6 Å². The second-order valence-corrected chi connectivity index (χ2v) is 10.8. The van der Waals surface area contributed by atoms with E-state index in [1.807, 2.05) is 0 Å². The second kappa shape index (κ2) is 9.62. The van der Waals surface area contributed by atoms with E-state index in [0.29, 0.717) is 18.2 Å². The van der Waals surface area contributed by atoms with Crippen LogP contribution in [-0.4, -0.2) is 65.1 Å². The van der Waals surface area contributed by atoms with E-state index in [2.05, 4.69) is 29.0 Å². The first kappa shape index (κ1) is 23.4. The number of benzene rings is 1. The van der Waals surface area contributed by atoms with Gasteiger partial charge in [0.1, 0.15) is 5.65 Å². The summed E-state index contributed by atoms with van der Waals surface area (Å²) in [6.45, 7) is 6.47. The maximum Gasteiger partial charge on any atom is 0.253 e. The third kappa shape index (κ3) is 5.10. The Morgan fingerprint density at radius 2 is 1.85 bits per heavy atom. The van der Waals surface area contributed by atoms with Crippen LogP contribution < -0.4 is 5.32 Å². The molecule has 3 heterocycles. The zero-order valence-electron chi connectivity index (χ0n) is 19.3. The van der Waals surface area contributed by atoms with Gasteiger partial charge in [-0.2, -0.15) is 4.31 Å². The molecule has 1 N–H and O–H groups in total. The number of pyridine rings is 1. The van der Waals surface area contributed by atoms with E-state index in [1.54, 1.807) is 66.4 Å². The minimum Gasteiger partial charge on any atom is -0.348 e. The number of likely N-dealkylation sites (tertiary alicyclic amines) is 1. The molecule has 0 radical (unpaired) electrons. The molecule has 0 atom stereocenters. The Morgan fingerprint density at radius 3 is 2.52 bits per heavy atom. The Hall–Kier alpha value is -2.75. The molecule has 1 fully saturated rings. The number of imidazole rings is 1. The SMILES string of the molecule is CC(C)N1CCC(N(C)S(=O)(=O)c2ccc(CNC(=O)c3ccc4nccn4c3)cc2)CC1. The van der Waals surface area contributed by atoms with Gasteiger partial charge in [-0.15, -0.1) is 0 Å². The molecule has 0 saturated carbocycles. The van der Waals surface area contributed by atoms with Crippen molar-refractivity contribution in [2.24, 2.45) is 0 Å². The maximum absolute atomic E-state index is 13.1. The Balaban J connectivity index is 1.36. The number of piperidine rings is 1. The highest BCUT2D eigenvalue weighted by atomic mass is 32.2. The van der Waals surface area contributed by atoms with Crippen LogP contribution in [0.2, 0.25) is 0 Å². The quantitative estimate of drug-likeness (QED) is 0.575. The lowest BCUT2D eigenvalue weighted by Crippen LogP contribution is -2.47. The first-order valence-corrected chi connectivity index (χ1v) is 12.7. The van der Waals surface area contributed by atoms with E-state index in [9.17, 15) is 13.2 Å². The summed E-state index contributed by atoms with van der Waals surface area (Å²) in [5, 5.41) is 2.88. The third-order valence-corrected chi connectivity index (χ3v) is 8.37. The molecule has 0 unspecified atom stereocenters. The van der Waals surface area contributed by atoms with E-state index in [0.717, 1.165) is 37.1 Å². The fourth-order valence-electron chi connectivity index (χ4n) is 4.25. The van der Waals surface area contributed by atoms with Crippen molar-refractivity contribution in [3.63, 3.8) is 0 Å². The van der Waals surface area contributed by atoms with Crippen LogP contribution in [-0.2, 0) is 16.6 Å². The van der Waals surface area contributed by atoms with Crippen LogP contribution in [0, 0.1) is 0 Å². The molecule has 0 bridgehead atoms. The van der Waals surface area contributed by atoms with Crippen molar-refractivity contribution in [3.05, 3.63) is 66.1 Å². The predicted molar refractivity (Wildman–Crippen MR) is 127 cm³/mol. The number of sulfonamides is 1. The van der Waals surface area contributed by atoms with Gasteiger partial charge < -0.3 is 14.6 Å². The van der Waals surface area contributed by atoms with Gasteiger partial charge in [-0.3, -0.25) is 4.79 Å². The molecular formula is C24H31N5O3S. The van der Waals surface area contributed by atoms with Crippen molar-refractivity contribution >= 4 is 21.6 Å². The van der Waals surface area contributed by atoms with Gasteiger partial charge in [-0.1, -0.05) is 12.1 Å². The molecule has 2 aromatic heterocycles. The normalized spacial score (nSPS) is 16.0. The molecule has 0 spiro atoms. The van der Waals surface area contributed by atoms with Gasteiger partial charge in [-0.05, 0) is 69.6 Å². The van der Waals surface area contributed by atoms with Gasteiger partial charge in [-0.25, -0.2) is 13.4 Å². The third-order valence-electron chi connectivity index (χ3n) is 6.45. The molecule has 1 amide bonds. The van der Waals surface area contributed by atoms with Crippen LogP contribution in [0.15, 0.2) is 59.9 Å². The average molecular weight is 470 g/mol. The summed E-state index contributed by atoms with van der Waals surface area (Å²) in [6.07, 6.45) is 6.87. The average Bonchev–Trinajstić information content (AvgIpc) is 3.30. The zero-order valence-corrected chi connectivity index (χ0v) is 20.1. The molecule has 1 aliphatic rings. The lowest BCUT2D eigenvalue weighted by Gasteiger charge is -2.38. The first-order chi connectivity index (χ1) is 15.8. The molecular weight excluding hydrogens is 438 g/mol. The van der Waals surface area contributed by atoms with E-state index in [1.165, 1.54) is 4.31 Å². The van der Waals surface area contributed by atoms with Crippen molar-refractivity contribution in [3.8, 4) is 0 Å². The van der Waals surface area contributed by atoms with Crippen LogP contribution in [0.5, 0.6) is 0 Å². The fourth-order valence-corrected chi connectivity index (χ4v) is 5.66. The fraction of sp³-hybridized carbons (Fsp3) is 0.417. The Morgan fingerprint density at radius 1 is 1.15 bits per heavy atom. The molecule has 0 aliphatic carbocycles. The van der Waals surface area contributed by atoms with Crippen LogP contribution in [0.3, 0.4) is 0 Å². The van der Waals surface area contributed by atoms with Crippen molar-refractivity contribution in [2.75, 3.05) is 20.1 Å². The number of aromatic nitrogens is 2. The number of fused-ring (bicyclic) bond motifs is 1. The highest BCUT2D eigenvalue weighted by molar-refractivity contribution is 7.89. The van der Waals surface area contributed by atoms with Crippen molar-refractivity contribution in [2.45, 2.75) is 50.2 Å². The number of nitrogens with zero attached hydrogens (tertiary/aromatic N) is 4. The van der Waals surface area contributed by atoms with Crippen LogP contribution in [0.25, 0.3) is 5.65 Å². The smallest absolute Gasteiger partial charge is 0.253 e. The predicted octanol–water partition coefficient (Wildman–Crippen LogP) is 2.76. The molecule has 33 heavy (non-hydrogen) atoms. The molecule has 1 saturated heterocycles. The van der Waals surface area contributed by atoms with Crippen molar-refractivity contribution in [1.29, 1.82) is 0 Å². The highest BCUT2D eigenvalue weighted by Crippen LogP contribution is 2.24. The summed E-state index contributed by atoms with van der Waals surface area (Å²) in [5.41, 5.74) is 2.14. The second-order valence-electron chi connectivity index (χ2n) is 8.82. The summed E-state index contributed by atoms with van der Waals surface area (Å²) in [7, 11) is -1.89. The summed E-state index contributed by atoms with van der Waals surface area (Å²) >= 11 is 0. The lowest BCUT2D eigenvalue weighted by atomic mass is 10.0. The van der Waals surface area contributed by atoms with Crippen molar-refractivity contribution in [1.82, 2.24) is 23.9 Å². The summed E-state index contributed by atoms with van der Waals surface area (Å²) in [5.74, 6) is -0.199. The summed E-state index contributed by atoms with van der Waals surface area (Å²) in [4.78, 5) is 19.3. The molecule has 1 aromatic carbocycles. The summed E-state index contributed by atoms with van der Waals surface area (Å²) < 4.78 is 29.6. The Bertz CT molecular complexity index is 1210. The van der Waals surface area contributed by atoms with E-state index >= 15 is 0 Å². The number of amides is 1. The van der Waals surface area contributed by atoms with Gasteiger partial charge >= 0.3 is 0 Å². The monoisotopic (exact) mass is 469 g/mol. The number of carbonyl (C=O) groups excluding carboxylic acids is 1. The minimum atomic E-state index is -3.56. The topological polar surface area (TPSA) is 87.0 Å². The van der Waals surface area contributed by atoms with Gasteiger partial charge in [0.25, 0.3) is 5.91 Å². The Labute approximate surface area is 195 Å². The van der Waals surface area contributed by atoms with Crippen molar-refractivity contribution < 1.29 is 13.2 Å². The standard InChI is InChI=1S/C24H31N5O3S/c1-18(2)28-13-10-21(11-14-28)27(3)33(31,32)22-7-4-19(5-8-22)16-26-24(30)20-6-9-23-25-12-15-29(23)17-20/h4-9,12,15,17-18,21H,10-11,13-14,16H2,1-3H3,(H,26,30). The van der Waals surface area contributed by atoms with Crippen LogP contribution in [0.4, 0.5) is 0 Å². The molecule has 4 rings (SSSR count). The first-order valence-electron chi connectivity index (χ1n) is 11.3.